The van der Waals surface area contributed by atoms with E-state index in [9.17, 15) is 19.5 Å². The first kappa shape index (κ1) is 12.2. The molecule has 18 heavy (non-hydrogen) atoms. The van der Waals surface area contributed by atoms with E-state index in [-0.39, 0.29) is 12.8 Å². The van der Waals surface area contributed by atoms with Crippen molar-refractivity contribution in [2.75, 3.05) is 0 Å². The van der Waals surface area contributed by atoms with Crippen LogP contribution < -0.4 is 0 Å². The average molecular weight is 248 g/mol. The maximum atomic E-state index is 11.7. The van der Waals surface area contributed by atoms with Crippen molar-refractivity contribution in [1.29, 1.82) is 0 Å². The number of pyridine rings is 1. The van der Waals surface area contributed by atoms with Crippen molar-refractivity contribution in [2.45, 2.75) is 25.3 Å². The van der Waals surface area contributed by atoms with Crippen molar-refractivity contribution in [3.05, 3.63) is 30.1 Å². The number of carboxylic acids is 1. The Morgan fingerprint density at radius 1 is 1.28 bits per heavy atom. The fourth-order valence-electron chi connectivity index (χ4n) is 2.10. The quantitative estimate of drug-likeness (QED) is 0.788. The van der Waals surface area contributed by atoms with Gasteiger partial charge in [-0.15, -0.1) is 0 Å². The lowest BCUT2D eigenvalue weighted by molar-refractivity contribution is -0.162. The lowest BCUT2D eigenvalue weighted by atomic mass is 9.91. The molecule has 0 spiro atoms. The molecule has 6 nitrogen and oxygen atoms in total. The van der Waals surface area contributed by atoms with Gasteiger partial charge < -0.3 is 5.11 Å². The topological polar surface area (TPSA) is 87.6 Å². The third-order valence-electron chi connectivity index (χ3n) is 3.16. The zero-order chi connectivity index (χ0) is 13.3. The Balaban J connectivity index is 2.55. The van der Waals surface area contributed by atoms with Gasteiger partial charge in [-0.05, 0) is 24.6 Å². The molecule has 0 radical (unpaired) electrons. The summed E-state index contributed by atoms with van der Waals surface area (Å²) < 4.78 is 0. The van der Waals surface area contributed by atoms with Crippen LogP contribution in [0.15, 0.2) is 24.5 Å². The molecular formula is C12H12N2O4. The first-order valence-corrected chi connectivity index (χ1v) is 5.47. The molecule has 2 rings (SSSR count). The molecule has 0 bridgehead atoms. The second-order valence-corrected chi connectivity index (χ2v) is 4.24. The third kappa shape index (κ3) is 1.66. The summed E-state index contributed by atoms with van der Waals surface area (Å²) in [6.45, 7) is 1.35. The van der Waals surface area contributed by atoms with E-state index < -0.39 is 23.3 Å². The number of hydrogen-bond acceptors (Lipinski definition) is 4. The number of carbonyl (C=O) groups excluding carboxylic acids is 2. The number of likely N-dealkylation sites (tertiary alicyclic amines) is 1. The monoisotopic (exact) mass is 248 g/mol. The van der Waals surface area contributed by atoms with Gasteiger partial charge in [0.05, 0.1) is 0 Å². The van der Waals surface area contributed by atoms with Crippen LogP contribution in [-0.4, -0.2) is 32.8 Å². The third-order valence-corrected chi connectivity index (χ3v) is 3.16. The van der Waals surface area contributed by atoms with Crippen LogP contribution in [0.4, 0.5) is 0 Å². The maximum Gasteiger partial charge on any atom is 0.334 e. The van der Waals surface area contributed by atoms with E-state index in [2.05, 4.69) is 4.98 Å². The van der Waals surface area contributed by atoms with Crippen LogP contribution in [0.2, 0.25) is 0 Å². The number of amides is 2. The Labute approximate surface area is 103 Å². The highest BCUT2D eigenvalue weighted by atomic mass is 16.4. The molecule has 0 aliphatic carbocycles. The highest BCUT2D eigenvalue weighted by Gasteiger charge is 2.49. The predicted molar refractivity (Wildman–Crippen MR) is 60.3 cm³/mol. The Morgan fingerprint density at radius 2 is 1.78 bits per heavy atom. The molecular weight excluding hydrogens is 236 g/mol. The van der Waals surface area contributed by atoms with E-state index >= 15 is 0 Å². The van der Waals surface area contributed by atoms with Gasteiger partial charge in [-0.3, -0.25) is 19.5 Å². The van der Waals surface area contributed by atoms with E-state index in [1.165, 1.54) is 31.5 Å². The first-order chi connectivity index (χ1) is 8.48. The number of carboxylic acid groups (broad SMARTS) is 1. The highest BCUT2D eigenvalue weighted by molar-refractivity contribution is 6.06. The minimum Gasteiger partial charge on any atom is -0.479 e. The van der Waals surface area contributed by atoms with E-state index in [0.29, 0.717) is 5.56 Å². The molecule has 1 fully saturated rings. The Morgan fingerprint density at radius 3 is 2.22 bits per heavy atom. The zero-order valence-corrected chi connectivity index (χ0v) is 9.79. The van der Waals surface area contributed by atoms with Crippen molar-refractivity contribution in [1.82, 2.24) is 9.88 Å². The molecule has 1 unspecified atom stereocenters. The second kappa shape index (κ2) is 4.21. The molecule has 1 aliphatic rings. The lowest BCUT2D eigenvalue weighted by Crippen LogP contribution is -2.52. The summed E-state index contributed by atoms with van der Waals surface area (Å²) in [6.07, 6.45) is 2.99. The van der Waals surface area contributed by atoms with Gasteiger partial charge in [0, 0.05) is 25.2 Å². The molecule has 1 aromatic heterocycles. The molecule has 0 aromatic carbocycles. The number of aliphatic carboxylic acids is 1. The normalized spacial score (nSPS) is 18.8. The molecule has 2 amide bonds. The number of nitrogens with zero attached hydrogens (tertiary/aromatic N) is 2. The maximum absolute atomic E-state index is 11.7. The van der Waals surface area contributed by atoms with Crippen molar-refractivity contribution >= 4 is 17.8 Å². The van der Waals surface area contributed by atoms with E-state index in [1.54, 1.807) is 0 Å². The van der Waals surface area contributed by atoms with Gasteiger partial charge in [-0.25, -0.2) is 4.79 Å². The molecule has 1 aliphatic heterocycles. The Kier molecular flexibility index (Phi) is 2.86. The Hall–Kier alpha value is -2.24. The zero-order valence-electron chi connectivity index (χ0n) is 9.79. The van der Waals surface area contributed by atoms with Crippen LogP contribution in [0.1, 0.15) is 25.3 Å². The van der Waals surface area contributed by atoms with Crippen molar-refractivity contribution < 1.29 is 19.5 Å². The molecule has 0 saturated carbocycles. The number of imide groups is 1. The van der Waals surface area contributed by atoms with Crippen LogP contribution in [0.5, 0.6) is 0 Å². The van der Waals surface area contributed by atoms with E-state index in [4.69, 9.17) is 0 Å². The van der Waals surface area contributed by atoms with Crippen molar-refractivity contribution in [3.8, 4) is 0 Å². The Bertz CT molecular complexity index is 498. The van der Waals surface area contributed by atoms with E-state index in [1.807, 2.05) is 0 Å². The minimum absolute atomic E-state index is 0.0623. The summed E-state index contributed by atoms with van der Waals surface area (Å²) in [5.74, 6) is -2.15. The van der Waals surface area contributed by atoms with Gasteiger partial charge in [0.1, 0.15) is 0 Å². The molecule has 1 aromatic rings. The van der Waals surface area contributed by atoms with Crippen LogP contribution in [0, 0.1) is 0 Å². The van der Waals surface area contributed by atoms with Gasteiger partial charge in [0.2, 0.25) is 11.8 Å². The number of rotatable bonds is 3. The fourth-order valence-corrected chi connectivity index (χ4v) is 2.10. The molecule has 6 heteroatoms. The smallest absolute Gasteiger partial charge is 0.334 e. The van der Waals surface area contributed by atoms with Gasteiger partial charge in [0.15, 0.2) is 5.54 Å². The summed E-state index contributed by atoms with van der Waals surface area (Å²) >= 11 is 0. The van der Waals surface area contributed by atoms with Crippen LogP contribution in [-0.2, 0) is 19.9 Å². The van der Waals surface area contributed by atoms with Gasteiger partial charge in [-0.1, -0.05) is 0 Å². The number of aromatic nitrogens is 1. The van der Waals surface area contributed by atoms with Gasteiger partial charge in [0.25, 0.3) is 0 Å². The SMILES string of the molecule is CC(C(=O)O)(c1ccncc1)N1C(=O)CCC1=O. The summed E-state index contributed by atoms with van der Waals surface area (Å²) in [4.78, 5) is 39.6. The van der Waals surface area contributed by atoms with Gasteiger partial charge in [-0.2, -0.15) is 0 Å². The first-order valence-electron chi connectivity index (χ1n) is 5.47. The summed E-state index contributed by atoms with van der Waals surface area (Å²) in [5, 5.41) is 9.42. The van der Waals surface area contributed by atoms with E-state index in [0.717, 1.165) is 4.90 Å². The van der Waals surface area contributed by atoms with Crippen LogP contribution in [0.3, 0.4) is 0 Å². The molecule has 1 N–H and O–H groups in total. The minimum atomic E-state index is -1.67. The second-order valence-electron chi connectivity index (χ2n) is 4.24. The molecule has 2 heterocycles. The van der Waals surface area contributed by atoms with Crippen molar-refractivity contribution in [3.63, 3.8) is 0 Å². The summed E-state index contributed by atoms with van der Waals surface area (Å²) in [5.41, 5.74) is -1.32. The highest BCUT2D eigenvalue weighted by Crippen LogP contribution is 2.33. The standard InChI is InChI=1S/C12H12N2O4/c1-12(11(17)18,8-4-6-13-7-5-8)14-9(15)2-3-10(14)16/h4-7H,2-3H2,1H3,(H,17,18). The largest absolute Gasteiger partial charge is 0.479 e. The van der Waals surface area contributed by atoms with Crippen LogP contribution in [0.25, 0.3) is 0 Å². The van der Waals surface area contributed by atoms with Crippen LogP contribution >= 0.6 is 0 Å². The average Bonchev–Trinajstić information content (AvgIpc) is 2.69. The molecule has 1 atom stereocenters. The summed E-state index contributed by atoms with van der Waals surface area (Å²) in [7, 11) is 0. The molecule has 1 saturated heterocycles. The number of carbonyl (C=O) groups is 3. The fraction of sp³-hybridized carbons (Fsp3) is 0.333. The van der Waals surface area contributed by atoms with Crippen molar-refractivity contribution in [2.24, 2.45) is 0 Å². The summed E-state index contributed by atoms with van der Waals surface area (Å²) in [6, 6.07) is 2.99. The molecule has 94 valence electrons. The van der Waals surface area contributed by atoms with Gasteiger partial charge >= 0.3 is 5.97 Å². The number of hydrogen-bond donors (Lipinski definition) is 1. The lowest BCUT2D eigenvalue weighted by Gasteiger charge is -2.33. The predicted octanol–water partition coefficient (Wildman–Crippen LogP) is 0.530.